The molecule has 4 N–H and O–H groups in total. The van der Waals surface area contributed by atoms with E-state index in [9.17, 15) is 0 Å². The maximum absolute atomic E-state index is 5.87. The fourth-order valence-corrected chi connectivity index (χ4v) is 2.53. The Labute approximate surface area is 106 Å². The number of aromatic nitrogens is 2. The predicted octanol–water partition coefficient (Wildman–Crippen LogP) is 1.40. The van der Waals surface area contributed by atoms with Gasteiger partial charge in [-0.15, -0.1) is 0 Å². The summed E-state index contributed by atoms with van der Waals surface area (Å²) in [6, 6.07) is 8.50. The number of hydrogen-bond acceptors (Lipinski definition) is 4. The van der Waals surface area contributed by atoms with E-state index in [2.05, 4.69) is 34.2 Å². The van der Waals surface area contributed by atoms with Crippen molar-refractivity contribution in [3.8, 4) is 0 Å². The molecule has 1 aliphatic rings. The topological polar surface area (TPSA) is 77.8 Å². The molecule has 0 atom stereocenters. The molecular weight excluding hydrogens is 224 g/mol. The molecule has 4 nitrogen and oxygen atoms in total. The molecule has 0 bridgehead atoms. The standard InChI is InChI=1S/C14H16N4/c15-7-12-8-17-14(18-13(12)16)11-5-9-3-1-2-4-10(9)6-11/h1-4,8,11H,5-7,15H2,(H2,16,17,18). The predicted molar refractivity (Wildman–Crippen MR) is 70.9 cm³/mol. The van der Waals surface area contributed by atoms with Gasteiger partial charge in [0.15, 0.2) is 0 Å². The lowest BCUT2D eigenvalue weighted by atomic mass is 10.1. The molecule has 0 unspecified atom stereocenters. The quantitative estimate of drug-likeness (QED) is 0.831. The third kappa shape index (κ3) is 1.84. The van der Waals surface area contributed by atoms with E-state index in [1.807, 2.05) is 0 Å². The Morgan fingerprint density at radius 1 is 1.17 bits per heavy atom. The second-order valence-corrected chi connectivity index (χ2v) is 4.72. The first-order valence-corrected chi connectivity index (χ1v) is 6.16. The van der Waals surface area contributed by atoms with Crippen LogP contribution in [0.5, 0.6) is 0 Å². The van der Waals surface area contributed by atoms with Crippen molar-refractivity contribution in [1.82, 2.24) is 9.97 Å². The van der Waals surface area contributed by atoms with Gasteiger partial charge in [0.05, 0.1) is 0 Å². The Kier molecular flexibility index (Phi) is 2.72. The van der Waals surface area contributed by atoms with Crippen molar-refractivity contribution in [3.05, 3.63) is 53.0 Å². The molecule has 1 aromatic carbocycles. The molecular formula is C14H16N4. The first kappa shape index (κ1) is 11.2. The molecule has 0 spiro atoms. The zero-order valence-corrected chi connectivity index (χ0v) is 10.1. The van der Waals surface area contributed by atoms with Gasteiger partial charge in [-0.3, -0.25) is 0 Å². The third-order valence-electron chi connectivity index (χ3n) is 3.55. The summed E-state index contributed by atoms with van der Waals surface area (Å²) in [5, 5.41) is 0. The van der Waals surface area contributed by atoms with E-state index in [0.717, 1.165) is 24.2 Å². The molecule has 18 heavy (non-hydrogen) atoms. The van der Waals surface area contributed by atoms with Crippen LogP contribution in [0.25, 0.3) is 0 Å². The van der Waals surface area contributed by atoms with Gasteiger partial charge in [-0.25, -0.2) is 9.97 Å². The molecule has 2 aromatic rings. The van der Waals surface area contributed by atoms with Crippen molar-refractivity contribution in [1.29, 1.82) is 0 Å². The summed E-state index contributed by atoms with van der Waals surface area (Å²) in [4.78, 5) is 8.80. The number of anilines is 1. The first-order valence-electron chi connectivity index (χ1n) is 6.16. The van der Waals surface area contributed by atoms with Crippen LogP contribution in [0, 0.1) is 0 Å². The lowest BCUT2D eigenvalue weighted by Crippen LogP contribution is -2.10. The molecule has 3 rings (SSSR count). The molecule has 0 aliphatic heterocycles. The van der Waals surface area contributed by atoms with E-state index >= 15 is 0 Å². The van der Waals surface area contributed by atoms with Gasteiger partial charge in [0.1, 0.15) is 11.6 Å². The maximum atomic E-state index is 5.87. The minimum atomic E-state index is 0.344. The summed E-state index contributed by atoms with van der Waals surface area (Å²) in [6.07, 6.45) is 3.75. The Bertz CT molecular complexity index is 555. The highest BCUT2D eigenvalue weighted by Gasteiger charge is 2.24. The zero-order valence-electron chi connectivity index (χ0n) is 10.1. The Hall–Kier alpha value is -1.94. The summed E-state index contributed by atoms with van der Waals surface area (Å²) >= 11 is 0. The highest BCUT2D eigenvalue weighted by molar-refractivity contribution is 5.40. The summed E-state index contributed by atoms with van der Waals surface area (Å²) in [5.74, 6) is 1.69. The van der Waals surface area contributed by atoms with Crippen molar-refractivity contribution >= 4 is 5.82 Å². The van der Waals surface area contributed by atoms with Gasteiger partial charge >= 0.3 is 0 Å². The van der Waals surface area contributed by atoms with Gasteiger partial charge in [-0.1, -0.05) is 24.3 Å². The first-order chi connectivity index (χ1) is 8.78. The van der Waals surface area contributed by atoms with Crippen LogP contribution in [0.1, 0.15) is 28.4 Å². The van der Waals surface area contributed by atoms with Crippen molar-refractivity contribution in [2.24, 2.45) is 5.73 Å². The number of fused-ring (bicyclic) bond motifs is 1. The van der Waals surface area contributed by atoms with Gasteiger partial charge in [0.25, 0.3) is 0 Å². The Balaban J connectivity index is 1.88. The second kappa shape index (κ2) is 4.38. The highest BCUT2D eigenvalue weighted by Crippen LogP contribution is 2.32. The van der Waals surface area contributed by atoms with E-state index in [4.69, 9.17) is 11.5 Å². The maximum Gasteiger partial charge on any atom is 0.134 e. The monoisotopic (exact) mass is 240 g/mol. The van der Waals surface area contributed by atoms with Gasteiger partial charge in [-0.05, 0) is 24.0 Å². The number of nitrogens with zero attached hydrogens (tertiary/aromatic N) is 2. The van der Waals surface area contributed by atoms with Gasteiger partial charge in [-0.2, -0.15) is 0 Å². The SMILES string of the molecule is NCc1cnc(C2Cc3ccccc3C2)nc1N. The number of nitrogens with two attached hydrogens (primary N) is 2. The van der Waals surface area contributed by atoms with Crippen LogP contribution in [0.3, 0.4) is 0 Å². The molecule has 92 valence electrons. The molecule has 0 amide bonds. The smallest absolute Gasteiger partial charge is 0.134 e. The average Bonchev–Trinajstić information content (AvgIpc) is 2.82. The highest BCUT2D eigenvalue weighted by atomic mass is 15.0. The van der Waals surface area contributed by atoms with E-state index in [1.165, 1.54) is 11.1 Å². The Morgan fingerprint density at radius 2 is 1.83 bits per heavy atom. The molecule has 0 radical (unpaired) electrons. The van der Waals surface area contributed by atoms with Crippen molar-refractivity contribution in [3.63, 3.8) is 0 Å². The normalized spacial score (nSPS) is 14.7. The van der Waals surface area contributed by atoms with Crippen molar-refractivity contribution < 1.29 is 0 Å². The van der Waals surface area contributed by atoms with Gasteiger partial charge in [0, 0.05) is 24.2 Å². The fraction of sp³-hybridized carbons (Fsp3) is 0.286. The summed E-state index contributed by atoms with van der Waals surface area (Å²) < 4.78 is 0. The van der Waals surface area contributed by atoms with Crippen LogP contribution in [0.4, 0.5) is 5.82 Å². The largest absolute Gasteiger partial charge is 0.383 e. The van der Waals surface area contributed by atoms with E-state index in [1.54, 1.807) is 6.20 Å². The molecule has 0 saturated carbocycles. The summed E-state index contributed by atoms with van der Waals surface area (Å²) in [5.41, 5.74) is 15.0. The summed E-state index contributed by atoms with van der Waals surface area (Å²) in [7, 11) is 0. The third-order valence-corrected chi connectivity index (χ3v) is 3.55. The van der Waals surface area contributed by atoms with E-state index in [0.29, 0.717) is 18.3 Å². The molecule has 1 aliphatic carbocycles. The minimum Gasteiger partial charge on any atom is -0.383 e. The van der Waals surface area contributed by atoms with E-state index in [-0.39, 0.29) is 0 Å². The van der Waals surface area contributed by atoms with Crippen LogP contribution < -0.4 is 11.5 Å². The molecule has 1 aromatic heterocycles. The van der Waals surface area contributed by atoms with Crippen LogP contribution >= 0.6 is 0 Å². The number of rotatable bonds is 2. The lowest BCUT2D eigenvalue weighted by molar-refractivity contribution is 0.681. The van der Waals surface area contributed by atoms with Crippen molar-refractivity contribution in [2.75, 3.05) is 5.73 Å². The molecule has 0 saturated heterocycles. The molecule has 0 fully saturated rings. The van der Waals surface area contributed by atoms with Gasteiger partial charge < -0.3 is 11.5 Å². The minimum absolute atomic E-state index is 0.344. The molecule has 4 heteroatoms. The average molecular weight is 240 g/mol. The van der Waals surface area contributed by atoms with Crippen LogP contribution in [0.15, 0.2) is 30.5 Å². The second-order valence-electron chi connectivity index (χ2n) is 4.72. The summed E-state index contributed by atoms with van der Waals surface area (Å²) in [6.45, 7) is 0.386. The molecule has 1 heterocycles. The number of nitrogen functional groups attached to an aromatic ring is 1. The van der Waals surface area contributed by atoms with Crippen LogP contribution in [0.2, 0.25) is 0 Å². The number of hydrogen-bond donors (Lipinski definition) is 2. The van der Waals surface area contributed by atoms with Gasteiger partial charge in [0.2, 0.25) is 0 Å². The Morgan fingerprint density at radius 3 is 2.39 bits per heavy atom. The lowest BCUT2D eigenvalue weighted by Gasteiger charge is -2.09. The zero-order chi connectivity index (χ0) is 12.5. The fourth-order valence-electron chi connectivity index (χ4n) is 2.53. The number of benzene rings is 1. The van der Waals surface area contributed by atoms with Crippen LogP contribution in [-0.2, 0) is 19.4 Å². The van der Waals surface area contributed by atoms with Crippen molar-refractivity contribution in [2.45, 2.75) is 25.3 Å². The van der Waals surface area contributed by atoms with Crippen LogP contribution in [-0.4, -0.2) is 9.97 Å². The van der Waals surface area contributed by atoms with E-state index < -0.39 is 0 Å².